The van der Waals surface area contributed by atoms with E-state index in [1.54, 1.807) is 0 Å². The van der Waals surface area contributed by atoms with Crippen LogP contribution in [0.15, 0.2) is 12.1 Å². The summed E-state index contributed by atoms with van der Waals surface area (Å²) in [5, 5.41) is 4.79. The molecule has 0 spiro atoms. The zero-order chi connectivity index (χ0) is 14.6. The molecule has 0 heterocycles. The number of benzene rings is 1. The molecule has 0 radical (unpaired) electrons. The van der Waals surface area contributed by atoms with Crippen LogP contribution in [-0.2, 0) is 4.79 Å². The molecule has 3 nitrogen and oxygen atoms in total. The molecule has 19 heavy (non-hydrogen) atoms. The Morgan fingerprint density at radius 1 is 1.11 bits per heavy atom. The maximum absolute atomic E-state index is 11.8. The molecule has 0 saturated heterocycles. The number of nitrogens with one attached hydrogen (secondary N) is 2. The maximum Gasteiger partial charge on any atom is 0.401 e. The molecule has 0 aliphatic rings. The van der Waals surface area contributed by atoms with Gasteiger partial charge in [-0.25, -0.2) is 0 Å². The zero-order valence-corrected chi connectivity index (χ0v) is 11.5. The smallest absolute Gasteiger partial charge is 0.324 e. The van der Waals surface area contributed by atoms with Crippen molar-refractivity contribution in [1.82, 2.24) is 5.32 Å². The molecule has 0 bridgehead atoms. The number of carbonyl (C=O) groups is 1. The number of carbonyl (C=O) groups excluding carboxylic acids is 1. The third kappa shape index (κ3) is 5.86. The molecule has 1 aromatic rings. The van der Waals surface area contributed by atoms with Crippen LogP contribution in [0.3, 0.4) is 0 Å². The predicted molar refractivity (Wildman–Crippen MR) is 69.0 cm³/mol. The molecule has 0 atom stereocenters. The summed E-state index contributed by atoms with van der Waals surface area (Å²) < 4.78 is 35.5. The van der Waals surface area contributed by atoms with Crippen LogP contribution in [0.2, 0.25) is 15.1 Å². The summed E-state index contributed by atoms with van der Waals surface area (Å²) in [6.07, 6.45) is -4.37. The first kappa shape index (κ1) is 16.4. The third-order valence-electron chi connectivity index (χ3n) is 1.90. The van der Waals surface area contributed by atoms with Gasteiger partial charge < -0.3 is 10.6 Å². The van der Waals surface area contributed by atoms with Gasteiger partial charge in [-0.15, -0.1) is 0 Å². The molecular weight excluding hydrogens is 327 g/mol. The minimum atomic E-state index is -4.37. The van der Waals surface area contributed by atoms with Gasteiger partial charge in [0, 0.05) is 0 Å². The number of amides is 1. The first-order valence-electron chi connectivity index (χ1n) is 4.91. The first-order chi connectivity index (χ1) is 8.69. The fraction of sp³-hybridized carbons (Fsp3) is 0.300. The number of hydrogen-bond acceptors (Lipinski definition) is 2. The Hall–Kier alpha value is -0.690. The molecule has 0 aliphatic carbocycles. The van der Waals surface area contributed by atoms with Gasteiger partial charge in [-0.1, -0.05) is 34.8 Å². The van der Waals surface area contributed by atoms with Crippen LogP contribution >= 0.6 is 34.8 Å². The summed E-state index contributed by atoms with van der Waals surface area (Å²) in [5.41, 5.74) is 0.176. The lowest BCUT2D eigenvalue weighted by molar-refractivity contribution is -0.126. The van der Waals surface area contributed by atoms with Gasteiger partial charge in [0.15, 0.2) is 0 Å². The Bertz CT molecular complexity index is 480. The van der Waals surface area contributed by atoms with Gasteiger partial charge in [0.2, 0.25) is 5.91 Å². The Kier molecular flexibility index (Phi) is 5.73. The van der Waals surface area contributed by atoms with Gasteiger partial charge in [-0.05, 0) is 12.1 Å². The molecule has 0 unspecified atom stereocenters. The predicted octanol–water partition coefficient (Wildman–Crippen LogP) is 3.74. The minimum Gasteiger partial charge on any atom is -0.324 e. The fourth-order valence-electron chi connectivity index (χ4n) is 1.13. The zero-order valence-electron chi connectivity index (χ0n) is 9.24. The molecule has 1 aromatic carbocycles. The molecule has 0 aliphatic heterocycles. The third-order valence-corrected chi connectivity index (χ3v) is 2.93. The van der Waals surface area contributed by atoms with E-state index < -0.39 is 25.2 Å². The molecule has 0 saturated carbocycles. The molecular formula is C10H8Cl3F3N2O. The molecule has 1 rings (SSSR count). The lowest BCUT2D eigenvalue weighted by atomic mass is 10.3. The Labute approximate surface area is 122 Å². The van der Waals surface area contributed by atoms with Crippen molar-refractivity contribution in [2.24, 2.45) is 0 Å². The maximum atomic E-state index is 11.8. The number of halogens is 6. The van der Waals surface area contributed by atoms with Crippen molar-refractivity contribution in [3.05, 3.63) is 27.2 Å². The summed E-state index contributed by atoms with van der Waals surface area (Å²) in [4.78, 5) is 11.4. The van der Waals surface area contributed by atoms with Crippen molar-refractivity contribution in [1.29, 1.82) is 0 Å². The highest BCUT2D eigenvalue weighted by Crippen LogP contribution is 2.32. The lowest BCUT2D eigenvalue weighted by Gasteiger charge is -2.10. The van der Waals surface area contributed by atoms with Gasteiger partial charge in [0.05, 0.1) is 33.8 Å². The SMILES string of the molecule is O=C(CNCC(F)(F)F)Nc1cc(Cl)c(Cl)cc1Cl. The van der Waals surface area contributed by atoms with Gasteiger partial charge in [0.25, 0.3) is 0 Å². The quantitative estimate of drug-likeness (QED) is 0.823. The Morgan fingerprint density at radius 2 is 1.68 bits per heavy atom. The van der Waals surface area contributed by atoms with E-state index in [4.69, 9.17) is 34.8 Å². The monoisotopic (exact) mass is 334 g/mol. The van der Waals surface area contributed by atoms with Gasteiger partial charge in [-0.2, -0.15) is 13.2 Å². The number of anilines is 1. The van der Waals surface area contributed by atoms with Crippen molar-refractivity contribution in [2.75, 3.05) is 18.4 Å². The van der Waals surface area contributed by atoms with Crippen LogP contribution in [0.4, 0.5) is 18.9 Å². The van der Waals surface area contributed by atoms with Crippen LogP contribution in [0, 0.1) is 0 Å². The lowest BCUT2D eigenvalue weighted by Crippen LogP contribution is -2.35. The van der Waals surface area contributed by atoms with E-state index in [0.717, 1.165) is 0 Å². The molecule has 0 fully saturated rings. The average molecular weight is 336 g/mol. The minimum absolute atomic E-state index is 0.138. The van der Waals surface area contributed by atoms with Gasteiger partial charge >= 0.3 is 6.18 Å². The second-order valence-corrected chi connectivity index (χ2v) is 4.73. The number of hydrogen-bond donors (Lipinski definition) is 2. The van der Waals surface area contributed by atoms with E-state index in [-0.39, 0.29) is 20.8 Å². The number of rotatable bonds is 4. The summed E-state index contributed by atoms with van der Waals surface area (Å²) in [6.45, 7) is -1.76. The first-order valence-corrected chi connectivity index (χ1v) is 6.04. The molecule has 2 N–H and O–H groups in total. The van der Waals surface area contributed by atoms with E-state index in [2.05, 4.69) is 5.32 Å². The van der Waals surface area contributed by atoms with Gasteiger partial charge in [-0.3, -0.25) is 4.79 Å². The standard InChI is InChI=1S/C10H8Cl3F3N2O/c11-5-1-7(13)8(2-6(5)12)18-9(19)3-17-4-10(14,15)16/h1-2,17H,3-4H2,(H,18,19). The van der Waals surface area contributed by atoms with E-state index in [0.29, 0.717) is 0 Å². The summed E-state index contributed by atoms with van der Waals surface area (Å²) in [5.74, 6) is -0.676. The summed E-state index contributed by atoms with van der Waals surface area (Å²) in [7, 11) is 0. The Morgan fingerprint density at radius 3 is 2.26 bits per heavy atom. The summed E-state index contributed by atoms with van der Waals surface area (Å²) in [6, 6.07) is 2.64. The second-order valence-electron chi connectivity index (χ2n) is 3.51. The van der Waals surface area contributed by atoms with Crippen LogP contribution in [0.1, 0.15) is 0 Å². The van der Waals surface area contributed by atoms with Crippen molar-refractivity contribution < 1.29 is 18.0 Å². The molecule has 1 amide bonds. The van der Waals surface area contributed by atoms with Gasteiger partial charge in [0.1, 0.15) is 0 Å². The van der Waals surface area contributed by atoms with Crippen molar-refractivity contribution in [3.63, 3.8) is 0 Å². The Balaban J connectivity index is 2.56. The van der Waals surface area contributed by atoms with E-state index >= 15 is 0 Å². The van der Waals surface area contributed by atoms with Crippen molar-refractivity contribution in [2.45, 2.75) is 6.18 Å². The highest BCUT2D eigenvalue weighted by molar-refractivity contribution is 6.44. The fourth-order valence-corrected chi connectivity index (χ4v) is 1.72. The van der Waals surface area contributed by atoms with E-state index in [1.165, 1.54) is 12.1 Å². The van der Waals surface area contributed by atoms with Crippen molar-refractivity contribution in [3.8, 4) is 0 Å². The highest BCUT2D eigenvalue weighted by atomic mass is 35.5. The van der Waals surface area contributed by atoms with Crippen LogP contribution < -0.4 is 10.6 Å². The van der Waals surface area contributed by atoms with Crippen LogP contribution in [-0.4, -0.2) is 25.2 Å². The van der Waals surface area contributed by atoms with Crippen LogP contribution in [0.5, 0.6) is 0 Å². The molecule has 106 valence electrons. The topological polar surface area (TPSA) is 41.1 Å². The normalized spacial score (nSPS) is 11.5. The van der Waals surface area contributed by atoms with Crippen LogP contribution in [0.25, 0.3) is 0 Å². The average Bonchev–Trinajstić information content (AvgIpc) is 2.24. The van der Waals surface area contributed by atoms with E-state index in [1.807, 2.05) is 5.32 Å². The summed E-state index contributed by atoms with van der Waals surface area (Å²) >= 11 is 17.2. The molecule has 9 heteroatoms. The second kappa shape index (κ2) is 6.65. The van der Waals surface area contributed by atoms with E-state index in [9.17, 15) is 18.0 Å². The van der Waals surface area contributed by atoms with Crippen molar-refractivity contribution >= 4 is 46.4 Å². The number of alkyl halides is 3. The largest absolute Gasteiger partial charge is 0.401 e. The molecule has 0 aromatic heterocycles. The highest BCUT2D eigenvalue weighted by Gasteiger charge is 2.26.